The molecule has 0 aliphatic heterocycles. The van der Waals surface area contributed by atoms with E-state index in [1.165, 1.54) is 6.07 Å². The fourth-order valence-corrected chi connectivity index (χ4v) is 2.05. The molecule has 0 aliphatic carbocycles. The third-order valence-electron chi connectivity index (χ3n) is 2.39. The molecule has 1 heterocycles. The molecule has 0 saturated heterocycles. The maximum absolute atomic E-state index is 13.6. The molecule has 0 spiro atoms. The summed E-state index contributed by atoms with van der Waals surface area (Å²) in [6.45, 7) is 1.96. The zero-order valence-electron chi connectivity index (χ0n) is 9.39. The summed E-state index contributed by atoms with van der Waals surface area (Å²) in [6.07, 6.45) is -0.671. The first-order chi connectivity index (χ1) is 8.16. The normalized spacial score (nSPS) is 12.4. The lowest BCUT2D eigenvalue weighted by Gasteiger charge is -2.09. The van der Waals surface area contributed by atoms with E-state index in [0.717, 1.165) is 4.88 Å². The van der Waals surface area contributed by atoms with Crippen molar-refractivity contribution in [1.82, 2.24) is 0 Å². The molecule has 2 aromatic rings. The van der Waals surface area contributed by atoms with Crippen LogP contribution in [0.2, 0.25) is 0 Å². The SMILES string of the molecule is C[C@@H](O)c1ccc(OCc2cccs2)c(F)c1. The van der Waals surface area contributed by atoms with Crippen LogP contribution in [-0.2, 0) is 6.61 Å². The van der Waals surface area contributed by atoms with Gasteiger partial charge in [0.15, 0.2) is 11.6 Å². The van der Waals surface area contributed by atoms with Crippen LogP contribution in [-0.4, -0.2) is 5.11 Å². The standard InChI is InChI=1S/C13H13FO2S/c1-9(15)10-4-5-13(12(14)7-10)16-8-11-3-2-6-17-11/h2-7,9,15H,8H2,1H3/t9-/m1/s1. The van der Waals surface area contributed by atoms with Gasteiger partial charge < -0.3 is 9.84 Å². The van der Waals surface area contributed by atoms with Crippen LogP contribution in [0.25, 0.3) is 0 Å². The highest BCUT2D eigenvalue weighted by Gasteiger charge is 2.08. The minimum absolute atomic E-state index is 0.211. The molecule has 1 aromatic heterocycles. The van der Waals surface area contributed by atoms with E-state index < -0.39 is 11.9 Å². The maximum atomic E-state index is 13.6. The lowest BCUT2D eigenvalue weighted by molar-refractivity contribution is 0.198. The van der Waals surface area contributed by atoms with Crippen LogP contribution in [0.1, 0.15) is 23.5 Å². The molecule has 1 N–H and O–H groups in total. The first kappa shape index (κ1) is 12.1. The van der Waals surface area contributed by atoms with Crippen molar-refractivity contribution in [2.45, 2.75) is 19.6 Å². The van der Waals surface area contributed by atoms with Crippen LogP contribution in [0.15, 0.2) is 35.7 Å². The number of benzene rings is 1. The summed E-state index contributed by atoms with van der Waals surface area (Å²) in [5.41, 5.74) is 0.547. The fourth-order valence-electron chi connectivity index (χ4n) is 1.44. The molecule has 0 unspecified atom stereocenters. The summed E-state index contributed by atoms with van der Waals surface area (Å²) in [5, 5.41) is 11.3. The highest BCUT2D eigenvalue weighted by atomic mass is 32.1. The zero-order valence-corrected chi connectivity index (χ0v) is 10.2. The number of ether oxygens (including phenoxy) is 1. The minimum atomic E-state index is -0.671. The van der Waals surface area contributed by atoms with Crippen molar-refractivity contribution < 1.29 is 14.2 Å². The molecule has 0 bridgehead atoms. The Balaban J connectivity index is 2.06. The fraction of sp³-hybridized carbons (Fsp3) is 0.231. The van der Waals surface area contributed by atoms with Crippen molar-refractivity contribution in [1.29, 1.82) is 0 Å². The number of aliphatic hydroxyl groups excluding tert-OH is 1. The summed E-state index contributed by atoms with van der Waals surface area (Å²) in [6, 6.07) is 8.37. The Morgan fingerprint density at radius 2 is 2.24 bits per heavy atom. The van der Waals surface area contributed by atoms with E-state index >= 15 is 0 Å². The van der Waals surface area contributed by atoms with Crippen LogP contribution >= 0.6 is 11.3 Å². The Labute approximate surface area is 103 Å². The number of rotatable bonds is 4. The highest BCUT2D eigenvalue weighted by molar-refractivity contribution is 7.09. The number of thiophene rings is 1. The largest absolute Gasteiger partial charge is 0.485 e. The molecule has 0 fully saturated rings. The third kappa shape index (κ3) is 3.05. The van der Waals surface area contributed by atoms with E-state index in [-0.39, 0.29) is 5.75 Å². The van der Waals surface area contributed by atoms with E-state index in [9.17, 15) is 9.50 Å². The predicted molar refractivity (Wildman–Crippen MR) is 65.7 cm³/mol. The molecule has 2 rings (SSSR count). The average molecular weight is 252 g/mol. The summed E-state index contributed by atoms with van der Waals surface area (Å²) in [5.74, 6) is -0.234. The van der Waals surface area contributed by atoms with Crippen molar-refractivity contribution in [2.75, 3.05) is 0 Å². The first-order valence-electron chi connectivity index (χ1n) is 5.29. The van der Waals surface area contributed by atoms with Gasteiger partial charge in [-0.05, 0) is 36.1 Å². The second-order valence-corrected chi connectivity index (χ2v) is 4.77. The van der Waals surface area contributed by atoms with Gasteiger partial charge in [0.25, 0.3) is 0 Å². The smallest absolute Gasteiger partial charge is 0.165 e. The molecule has 0 radical (unpaired) electrons. The molecule has 17 heavy (non-hydrogen) atoms. The predicted octanol–water partition coefficient (Wildman–Crippen LogP) is 3.52. The van der Waals surface area contributed by atoms with Gasteiger partial charge in [0, 0.05) is 4.88 Å². The Hall–Kier alpha value is -1.39. The topological polar surface area (TPSA) is 29.5 Å². The molecule has 1 aromatic carbocycles. The van der Waals surface area contributed by atoms with Gasteiger partial charge in [-0.15, -0.1) is 11.3 Å². The van der Waals surface area contributed by atoms with Crippen molar-refractivity contribution in [3.8, 4) is 5.75 Å². The van der Waals surface area contributed by atoms with E-state index in [1.54, 1.807) is 30.4 Å². The van der Waals surface area contributed by atoms with Crippen molar-refractivity contribution in [2.24, 2.45) is 0 Å². The third-order valence-corrected chi connectivity index (χ3v) is 3.24. The van der Waals surface area contributed by atoms with Gasteiger partial charge in [-0.1, -0.05) is 12.1 Å². The van der Waals surface area contributed by atoms with E-state index in [2.05, 4.69) is 0 Å². The van der Waals surface area contributed by atoms with Crippen LogP contribution < -0.4 is 4.74 Å². The molecular formula is C13H13FO2S. The van der Waals surface area contributed by atoms with E-state index in [0.29, 0.717) is 12.2 Å². The summed E-state index contributed by atoms with van der Waals surface area (Å²) in [7, 11) is 0. The Morgan fingerprint density at radius 3 is 2.82 bits per heavy atom. The van der Waals surface area contributed by atoms with Crippen LogP contribution in [0.5, 0.6) is 5.75 Å². The van der Waals surface area contributed by atoms with E-state index in [1.807, 2.05) is 17.5 Å². The van der Waals surface area contributed by atoms with Gasteiger partial charge in [0.05, 0.1) is 6.10 Å². The maximum Gasteiger partial charge on any atom is 0.165 e. The van der Waals surface area contributed by atoms with Gasteiger partial charge >= 0.3 is 0 Å². The molecule has 0 amide bonds. The Morgan fingerprint density at radius 1 is 1.41 bits per heavy atom. The lowest BCUT2D eigenvalue weighted by Crippen LogP contribution is -1.98. The second-order valence-electron chi connectivity index (χ2n) is 3.73. The highest BCUT2D eigenvalue weighted by Crippen LogP contribution is 2.23. The number of hydrogen-bond donors (Lipinski definition) is 1. The number of aliphatic hydroxyl groups is 1. The van der Waals surface area contributed by atoms with E-state index in [4.69, 9.17) is 4.74 Å². The molecule has 4 heteroatoms. The summed E-state index contributed by atoms with van der Waals surface area (Å²) < 4.78 is 19.0. The van der Waals surface area contributed by atoms with Gasteiger partial charge in [-0.3, -0.25) is 0 Å². The van der Waals surface area contributed by atoms with Crippen molar-refractivity contribution >= 4 is 11.3 Å². The number of hydrogen-bond acceptors (Lipinski definition) is 3. The van der Waals surface area contributed by atoms with Crippen molar-refractivity contribution in [3.05, 3.63) is 52.0 Å². The number of halogens is 1. The molecule has 0 aliphatic rings. The lowest BCUT2D eigenvalue weighted by atomic mass is 10.1. The van der Waals surface area contributed by atoms with Gasteiger partial charge in [0.1, 0.15) is 6.61 Å². The van der Waals surface area contributed by atoms with Gasteiger partial charge in [0.2, 0.25) is 0 Å². The van der Waals surface area contributed by atoms with Gasteiger partial charge in [-0.25, -0.2) is 4.39 Å². The minimum Gasteiger partial charge on any atom is -0.485 e. The zero-order chi connectivity index (χ0) is 12.3. The van der Waals surface area contributed by atoms with Gasteiger partial charge in [-0.2, -0.15) is 0 Å². The monoisotopic (exact) mass is 252 g/mol. The van der Waals surface area contributed by atoms with Crippen LogP contribution in [0.4, 0.5) is 4.39 Å². The molecule has 1 atom stereocenters. The molecular weight excluding hydrogens is 239 g/mol. The summed E-state index contributed by atoms with van der Waals surface area (Å²) >= 11 is 1.57. The van der Waals surface area contributed by atoms with Crippen LogP contribution in [0, 0.1) is 5.82 Å². The second kappa shape index (κ2) is 5.29. The molecule has 0 saturated carbocycles. The van der Waals surface area contributed by atoms with Crippen molar-refractivity contribution in [3.63, 3.8) is 0 Å². The quantitative estimate of drug-likeness (QED) is 0.902. The average Bonchev–Trinajstić information content (AvgIpc) is 2.80. The Kier molecular flexibility index (Phi) is 3.76. The molecule has 90 valence electrons. The molecule has 2 nitrogen and oxygen atoms in total. The Bertz CT molecular complexity index is 480. The first-order valence-corrected chi connectivity index (χ1v) is 6.17. The van der Waals surface area contributed by atoms with Crippen LogP contribution in [0.3, 0.4) is 0 Å². The summed E-state index contributed by atoms with van der Waals surface area (Å²) in [4.78, 5) is 1.05.